The number of rotatable bonds is 2. The van der Waals surface area contributed by atoms with Crippen LogP contribution in [0.4, 0.5) is 17.6 Å². The Bertz CT molecular complexity index is 1350. The Morgan fingerprint density at radius 3 is 2.36 bits per heavy atom. The topological polar surface area (TPSA) is 109 Å². The van der Waals surface area contributed by atoms with E-state index >= 15 is 0 Å². The molecule has 0 bridgehead atoms. The summed E-state index contributed by atoms with van der Waals surface area (Å²) in [6.07, 6.45) is -5.02. The highest BCUT2D eigenvalue weighted by atomic mass is 35.5. The molecule has 0 unspecified atom stereocenters. The van der Waals surface area contributed by atoms with Crippen LogP contribution in [0.3, 0.4) is 0 Å². The lowest BCUT2D eigenvalue weighted by atomic mass is 10.2. The van der Waals surface area contributed by atoms with Crippen LogP contribution in [0.5, 0.6) is 0 Å². The van der Waals surface area contributed by atoms with Crippen molar-refractivity contribution in [2.75, 3.05) is 0 Å². The van der Waals surface area contributed by atoms with Crippen LogP contribution in [0.15, 0.2) is 49.7 Å². The Morgan fingerprint density at radius 1 is 1.11 bits per heavy atom. The molecule has 0 spiro atoms. The molecule has 3 aromatic rings. The lowest BCUT2D eigenvalue weighted by molar-refractivity contribution is -0.137. The van der Waals surface area contributed by atoms with Crippen molar-refractivity contribution in [3.8, 4) is 0 Å². The number of fused-ring (bicyclic) bond motifs is 1. The third kappa shape index (κ3) is 3.14. The van der Waals surface area contributed by atoms with Crippen LogP contribution in [-0.2, 0) is 16.0 Å². The molecule has 1 aromatic heterocycles. The van der Waals surface area contributed by atoms with E-state index in [1.165, 1.54) is 0 Å². The second-order valence-corrected chi connectivity index (χ2v) is 7.84. The van der Waals surface area contributed by atoms with E-state index in [9.17, 15) is 40.8 Å². The van der Waals surface area contributed by atoms with Gasteiger partial charge in [-0.3, -0.25) is 4.79 Å². The molecule has 0 saturated heterocycles. The van der Waals surface area contributed by atoms with E-state index in [1.54, 1.807) is 0 Å². The molecule has 13 heteroatoms. The molecule has 0 aliphatic rings. The molecule has 0 amide bonds. The normalized spacial score (nSPS) is 12.5. The van der Waals surface area contributed by atoms with Crippen molar-refractivity contribution in [1.29, 1.82) is 0 Å². The van der Waals surface area contributed by atoms with Crippen LogP contribution in [0, 0.1) is 5.82 Å². The van der Waals surface area contributed by atoms with E-state index in [1.807, 2.05) is 4.98 Å². The summed E-state index contributed by atoms with van der Waals surface area (Å²) in [4.78, 5) is 23.7. The minimum atomic E-state index is -5.02. The van der Waals surface area contributed by atoms with E-state index in [0.29, 0.717) is 6.07 Å². The average molecular weight is 439 g/mol. The van der Waals surface area contributed by atoms with Crippen LogP contribution >= 0.6 is 11.6 Å². The van der Waals surface area contributed by atoms with Crippen molar-refractivity contribution in [3.05, 3.63) is 67.6 Å². The van der Waals surface area contributed by atoms with Gasteiger partial charge in [0.25, 0.3) is 5.56 Å². The second-order valence-electron chi connectivity index (χ2n) is 5.52. The molecule has 28 heavy (non-hydrogen) atoms. The second kappa shape index (κ2) is 6.34. The first-order valence-electron chi connectivity index (χ1n) is 7.13. The van der Waals surface area contributed by atoms with Crippen molar-refractivity contribution in [2.45, 2.75) is 16.0 Å². The molecule has 0 aliphatic heterocycles. The first-order chi connectivity index (χ1) is 12.8. The van der Waals surface area contributed by atoms with Gasteiger partial charge in [-0.25, -0.2) is 17.6 Å². The SMILES string of the molecule is O=c1[nH]c2c(S(=O)(=O)c3cc(F)cc(C(F)(F)F)c3)ccc(Cl)c2c(=O)n1O. The molecule has 7 nitrogen and oxygen atoms in total. The number of hydrogen-bond acceptors (Lipinski definition) is 5. The fourth-order valence-corrected chi connectivity index (χ4v) is 4.19. The quantitative estimate of drug-likeness (QED) is 0.472. The van der Waals surface area contributed by atoms with Gasteiger partial charge in [0.2, 0.25) is 9.84 Å². The van der Waals surface area contributed by atoms with Crippen LogP contribution in [0.1, 0.15) is 5.56 Å². The van der Waals surface area contributed by atoms with Crippen molar-refractivity contribution in [1.82, 2.24) is 9.71 Å². The molecule has 2 N–H and O–H groups in total. The standard InChI is InChI=1S/C15H7ClF4N2O5S/c16-9-1-2-10(12-11(9)13(23)22(25)14(24)21-12)28(26,27)8-4-6(15(18,19)20)3-7(17)5-8/h1-5,25H,(H,21,24). The maximum Gasteiger partial charge on any atom is 0.416 e. The van der Waals surface area contributed by atoms with Gasteiger partial charge in [-0.1, -0.05) is 16.3 Å². The minimum absolute atomic E-state index is 0.116. The maximum absolute atomic E-state index is 13.6. The van der Waals surface area contributed by atoms with Crippen molar-refractivity contribution >= 4 is 32.3 Å². The van der Waals surface area contributed by atoms with E-state index in [0.717, 1.165) is 12.1 Å². The fourth-order valence-electron chi connectivity index (χ4n) is 2.48. The predicted molar refractivity (Wildman–Crippen MR) is 87.9 cm³/mol. The molecule has 0 aliphatic carbocycles. The number of benzene rings is 2. The molecule has 2 aromatic carbocycles. The summed E-state index contributed by atoms with van der Waals surface area (Å²) < 4.78 is 77.6. The Hall–Kier alpha value is -2.86. The van der Waals surface area contributed by atoms with Crippen LogP contribution in [0.2, 0.25) is 5.02 Å². The number of aromatic nitrogens is 2. The van der Waals surface area contributed by atoms with Gasteiger partial charge < -0.3 is 10.2 Å². The number of H-pyrrole nitrogens is 1. The number of aromatic amines is 1. The zero-order chi connectivity index (χ0) is 21.0. The van der Waals surface area contributed by atoms with Gasteiger partial charge >= 0.3 is 11.9 Å². The highest BCUT2D eigenvalue weighted by molar-refractivity contribution is 7.91. The van der Waals surface area contributed by atoms with Crippen molar-refractivity contribution < 1.29 is 31.2 Å². The number of sulfone groups is 1. The average Bonchev–Trinajstić information content (AvgIpc) is 2.58. The highest BCUT2D eigenvalue weighted by Gasteiger charge is 2.34. The van der Waals surface area contributed by atoms with Gasteiger partial charge in [-0.05, 0) is 30.3 Å². The van der Waals surface area contributed by atoms with Crippen LogP contribution in [-0.4, -0.2) is 23.3 Å². The molecule has 3 rings (SSSR count). The smallest absolute Gasteiger partial charge is 0.416 e. The Labute approximate surface area is 157 Å². The molecule has 0 radical (unpaired) electrons. The van der Waals surface area contributed by atoms with Gasteiger partial charge in [-0.2, -0.15) is 13.2 Å². The fraction of sp³-hybridized carbons (Fsp3) is 0.0667. The van der Waals surface area contributed by atoms with E-state index in [2.05, 4.69) is 0 Å². The van der Waals surface area contributed by atoms with Gasteiger partial charge in [0.15, 0.2) is 0 Å². The Morgan fingerprint density at radius 2 is 1.75 bits per heavy atom. The van der Waals surface area contributed by atoms with E-state index in [4.69, 9.17) is 11.6 Å². The number of halogens is 5. The van der Waals surface area contributed by atoms with Crippen molar-refractivity contribution in [3.63, 3.8) is 0 Å². The summed E-state index contributed by atoms with van der Waals surface area (Å²) >= 11 is 5.81. The summed E-state index contributed by atoms with van der Waals surface area (Å²) in [5.41, 5.74) is -4.95. The summed E-state index contributed by atoms with van der Waals surface area (Å²) in [7, 11) is -4.83. The molecule has 1 heterocycles. The zero-order valence-corrected chi connectivity index (χ0v) is 14.8. The molecule has 0 saturated carbocycles. The predicted octanol–water partition coefficient (Wildman–Crippen LogP) is 2.57. The lowest BCUT2D eigenvalue weighted by Crippen LogP contribution is -2.33. The summed E-state index contributed by atoms with van der Waals surface area (Å²) in [6, 6.07) is 2.45. The van der Waals surface area contributed by atoms with Gasteiger partial charge in [0.1, 0.15) is 5.82 Å². The van der Waals surface area contributed by atoms with Crippen molar-refractivity contribution in [2.24, 2.45) is 0 Å². The number of alkyl halides is 3. The van der Waals surface area contributed by atoms with E-state index < -0.39 is 59.3 Å². The number of nitrogens with one attached hydrogen (secondary N) is 1. The Balaban J connectivity index is 2.41. The zero-order valence-electron chi connectivity index (χ0n) is 13.2. The van der Waals surface area contributed by atoms with Gasteiger partial charge in [0.05, 0.1) is 31.3 Å². The molecular weight excluding hydrogens is 432 g/mol. The monoisotopic (exact) mass is 438 g/mol. The van der Waals surface area contributed by atoms with Gasteiger partial charge in [0, 0.05) is 0 Å². The molecule has 0 fully saturated rings. The van der Waals surface area contributed by atoms with Crippen LogP contribution < -0.4 is 11.2 Å². The molecule has 0 atom stereocenters. The Kier molecular flexibility index (Phi) is 4.51. The summed E-state index contributed by atoms with van der Waals surface area (Å²) in [6.45, 7) is 0. The number of hydrogen-bond donors (Lipinski definition) is 2. The van der Waals surface area contributed by atoms with Crippen LogP contribution in [0.25, 0.3) is 10.9 Å². The van der Waals surface area contributed by atoms with Gasteiger partial charge in [-0.15, -0.1) is 0 Å². The summed E-state index contributed by atoms with van der Waals surface area (Å²) in [5, 5.41) is 8.44. The largest absolute Gasteiger partial charge is 0.421 e. The highest BCUT2D eigenvalue weighted by Crippen LogP contribution is 2.34. The first kappa shape index (κ1) is 19.9. The number of nitrogens with zero attached hydrogens (tertiary/aromatic N) is 1. The summed E-state index contributed by atoms with van der Waals surface area (Å²) in [5.74, 6) is -1.46. The minimum Gasteiger partial charge on any atom is -0.421 e. The van der Waals surface area contributed by atoms with E-state index in [-0.39, 0.29) is 21.9 Å². The maximum atomic E-state index is 13.6. The lowest BCUT2D eigenvalue weighted by Gasteiger charge is -2.12. The first-order valence-corrected chi connectivity index (χ1v) is 9.00. The third-order valence-corrected chi connectivity index (χ3v) is 5.84. The molecule has 148 valence electrons. The molecular formula is C15H7ClF4N2O5S. The third-order valence-electron chi connectivity index (χ3n) is 3.75.